The van der Waals surface area contributed by atoms with E-state index >= 15 is 0 Å². The predicted octanol–water partition coefficient (Wildman–Crippen LogP) is -2.15. The number of hydroxylamine groups is 1. The summed E-state index contributed by atoms with van der Waals surface area (Å²) >= 11 is 0. The number of rotatable bonds is 15. The molecule has 3 unspecified atom stereocenters. The third-order valence-electron chi connectivity index (χ3n) is 7.04. The van der Waals surface area contributed by atoms with Crippen molar-refractivity contribution >= 4 is 39.7 Å². The number of carbonyl (C=O) groups is 5. The molecule has 0 fully saturated rings. The van der Waals surface area contributed by atoms with Gasteiger partial charge >= 0.3 is 29.6 Å². The first kappa shape index (κ1) is 37.0. The van der Waals surface area contributed by atoms with E-state index in [1.165, 1.54) is 17.6 Å². The monoisotopic (exact) mass is 638 g/mol. The molecule has 232 valence electrons. The first-order valence-electron chi connectivity index (χ1n) is 13.8. The van der Waals surface area contributed by atoms with Crippen molar-refractivity contribution in [3.8, 4) is 0 Å². The van der Waals surface area contributed by atoms with E-state index in [2.05, 4.69) is 10.6 Å². The fourth-order valence-corrected chi connectivity index (χ4v) is 5.46. The van der Waals surface area contributed by atoms with Crippen molar-refractivity contribution in [2.24, 2.45) is 17.8 Å². The molecule has 1 aliphatic rings. The molecule has 0 spiro atoms. The summed E-state index contributed by atoms with van der Waals surface area (Å²) in [5.74, 6) is -6.99. The maximum Gasteiger partial charge on any atom is 1.00 e. The molecule has 0 radical (unpaired) electrons. The largest absolute Gasteiger partial charge is 1.00 e. The van der Waals surface area contributed by atoms with Crippen LogP contribution in [-0.2, 0) is 30.9 Å². The maximum atomic E-state index is 13.8. The molecule has 4 N–H and O–H groups in total. The van der Waals surface area contributed by atoms with E-state index in [9.17, 15) is 42.2 Å². The van der Waals surface area contributed by atoms with Crippen molar-refractivity contribution in [2.75, 3.05) is 18.8 Å². The molecule has 13 nitrogen and oxygen atoms in total. The second-order valence-corrected chi connectivity index (χ2v) is 12.3. The Hall–Kier alpha value is -3.14. The third-order valence-corrected chi connectivity index (χ3v) is 7.83. The van der Waals surface area contributed by atoms with Gasteiger partial charge in [0.25, 0.3) is 11.8 Å². The Morgan fingerprint density at radius 2 is 1.45 bits per heavy atom. The zero-order chi connectivity index (χ0) is 31.7. The van der Waals surface area contributed by atoms with Crippen molar-refractivity contribution in [1.82, 2.24) is 21.0 Å². The molecule has 0 aromatic heterocycles. The van der Waals surface area contributed by atoms with Crippen LogP contribution in [0.1, 0.15) is 53.0 Å². The van der Waals surface area contributed by atoms with Crippen LogP contribution in [0.4, 0.5) is 0 Å². The van der Waals surface area contributed by atoms with Gasteiger partial charge in [0.2, 0.25) is 17.7 Å². The van der Waals surface area contributed by atoms with Crippen molar-refractivity contribution in [1.29, 1.82) is 0 Å². The van der Waals surface area contributed by atoms with Gasteiger partial charge in [-0.3, -0.25) is 34.1 Å². The molecule has 5 amide bonds. The minimum atomic E-state index is -4.47. The van der Waals surface area contributed by atoms with Crippen LogP contribution >= 0.6 is 0 Å². The van der Waals surface area contributed by atoms with Crippen LogP contribution in [0.3, 0.4) is 0 Å². The van der Waals surface area contributed by atoms with Crippen molar-refractivity contribution in [3.63, 3.8) is 0 Å². The van der Waals surface area contributed by atoms with Crippen LogP contribution in [0.2, 0.25) is 0 Å². The van der Waals surface area contributed by atoms with Gasteiger partial charge in [-0.2, -0.15) is 0 Å². The summed E-state index contributed by atoms with van der Waals surface area (Å²) in [7, 11) is -4.47. The summed E-state index contributed by atoms with van der Waals surface area (Å²) in [6.07, 6.45) is 0.0225. The van der Waals surface area contributed by atoms with Crippen LogP contribution in [0.5, 0.6) is 0 Å². The average Bonchev–Trinajstić information content (AvgIpc) is 3.20. The number of hydrogen-bond donors (Lipinski definition) is 4. The van der Waals surface area contributed by atoms with E-state index in [4.69, 9.17) is 0 Å². The number of benzene rings is 2. The van der Waals surface area contributed by atoms with Gasteiger partial charge in [0.05, 0.1) is 33.1 Å². The van der Waals surface area contributed by atoms with E-state index < -0.39 is 69.8 Å². The molecule has 0 bridgehead atoms. The van der Waals surface area contributed by atoms with Gasteiger partial charge in [-0.1, -0.05) is 56.3 Å². The fraction of sp³-hybridized carbons (Fsp3) is 0.414. The maximum absolute atomic E-state index is 13.8. The van der Waals surface area contributed by atoms with Gasteiger partial charge in [0.15, 0.2) is 0 Å². The summed E-state index contributed by atoms with van der Waals surface area (Å²) in [6.45, 7) is 2.97. The number of imide groups is 1. The fourth-order valence-electron chi connectivity index (χ4n) is 4.96. The van der Waals surface area contributed by atoms with E-state index in [-0.39, 0.29) is 72.4 Å². The molecular weight excluding hydrogens is 603 g/mol. The smallest absolute Gasteiger partial charge is 0.748 e. The van der Waals surface area contributed by atoms with Crippen LogP contribution < -0.4 is 45.7 Å². The molecule has 15 heteroatoms. The molecule has 0 saturated heterocycles. The second-order valence-electron chi connectivity index (χ2n) is 10.7. The molecule has 1 aliphatic heterocycles. The van der Waals surface area contributed by atoms with Crippen LogP contribution in [-0.4, -0.2) is 77.5 Å². The Morgan fingerprint density at radius 1 is 0.886 bits per heavy atom. The number of amides is 5. The number of fused-ring (bicyclic) bond motifs is 1. The number of nitrogens with one attached hydrogen (secondary N) is 3. The Morgan fingerprint density at radius 3 is 1.98 bits per heavy atom. The normalized spacial score (nSPS) is 14.7. The van der Waals surface area contributed by atoms with Gasteiger partial charge < -0.3 is 15.2 Å². The van der Waals surface area contributed by atoms with Crippen LogP contribution in [0, 0.1) is 17.8 Å². The summed E-state index contributed by atoms with van der Waals surface area (Å²) < 4.78 is 32.7. The molecule has 3 atom stereocenters. The molecule has 3 rings (SSSR count). The van der Waals surface area contributed by atoms with Gasteiger partial charge in [-0.15, -0.1) is 0 Å². The van der Waals surface area contributed by atoms with Gasteiger partial charge in [0, 0.05) is 25.3 Å². The topological polar surface area (TPSA) is 202 Å². The van der Waals surface area contributed by atoms with E-state index in [1.807, 2.05) is 0 Å². The van der Waals surface area contributed by atoms with Crippen molar-refractivity contribution in [3.05, 3.63) is 71.3 Å². The third kappa shape index (κ3) is 10.2. The predicted molar refractivity (Wildman–Crippen MR) is 152 cm³/mol. The quantitative estimate of drug-likeness (QED) is 0.0419. The zero-order valence-electron chi connectivity index (χ0n) is 24.8. The van der Waals surface area contributed by atoms with E-state index in [0.29, 0.717) is 5.56 Å². The number of nitrogens with zero attached hydrogens (tertiary/aromatic N) is 1. The molecule has 2 aromatic carbocycles. The average molecular weight is 639 g/mol. The van der Waals surface area contributed by atoms with Gasteiger partial charge in [-0.25, -0.2) is 13.9 Å². The molecule has 0 saturated carbocycles. The van der Waals surface area contributed by atoms with Crippen LogP contribution in [0.25, 0.3) is 0 Å². The second kappa shape index (κ2) is 16.8. The first-order chi connectivity index (χ1) is 20.3. The molecule has 0 aliphatic carbocycles. The summed E-state index contributed by atoms with van der Waals surface area (Å²) in [5, 5.41) is 14.7. The Labute approximate surface area is 278 Å². The minimum Gasteiger partial charge on any atom is -0.748 e. The van der Waals surface area contributed by atoms with Crippen molar-refractivity contribution in [2.45, 2.75) is 39.2 Å². The van der Waals surface area contributed by atoms with E-state index in [0.717, 1.165) is 4.90 Å². The Bertz CT molecular complexity index is 1420. The summed E-state index contributed by atoms with van der Waals surface area (Å²) in [5.41, 5.74) is 2.55. The first-order valence-corrected chi connectivity index (χ1v) is 15.3. The number of hydrogen-bond acceptors (Lipinski definition) is 9. The van der Waals surface area contributed by atoms with E-state index in [1.54, 1.807) is 56.3 Å². The minimum absolute atomic E-state index is 0. The Kier molecular flexibility index (Phi) is 14.1. The molecule has 2 aromatic rings. The standard InChI is InChI=1S/C29H36N4O9S.Na/c1-18(2)15-22(23(26(35)32-39)17-33-28(37)20-11-6-7-12-21(20)29(33)38)25(34)31-24(16-19-9-4-3-5-10-19)27(36)30-13-8-14-43(40,41)42;/h3-7,9-12,18,22-24,39H,8,13-17H2,1-2H3,(H,30,36)(H,31,34)(H,32,35)(H,40,41,42);/q;+1/p-1. The summed E-state index contributed by atoms with van der Waals surface area (Å²) in [6, 6.07) is 13.7. The molecule has 44 heavy (non-hydrogen) atoms. The molecule has 1 heterocycles. The Balaban J connectivity index is 0.00000675. The summed E-state index contributed by atoms with van der Waals surface area (Å²) in [4.78, 5) is 66.8. The van der Waals surface area contributed by atoms with Crippen molar-refractivity contribution < 1.29 is 71.7 Å². The van der Waals surface area contributed by atoms with Crippen LogP contribution in [0.15, 0.2) is 54.6 Å². The zero-order valence-corrected chi connectivity index (χ0v) is 27.6. The SMILES string of the molecule is CC(C)CC(C(=O)NC(Cc1ccccc1)C(=O)NCCCS(=O)(=O)[O-])C(CN1C(=O)c2ccccc2C1=O)C(=O)NO.[Na+]. The molecular formula is C29H35N4NaO9S. The van der Waals surface area contributed by atoms with Gasteiger partial charge in [0.1, 0.15) is 6.04 Å². The number of carbonyl (C=O) groups excluding carboxylic acids is 5. The van der Waals surface area contributed by atoms with Gasteiger partial charge in [-0.05, 0) is 36.5 Å².